The zero-order valence-corrected chi connectivity index (χ0v) is 29.6. The Morgan fingerprint density at radius 3 is 2.29 bits per heavy atom. The van der Waals surface area contributed by atoms with Crippen LogP contribution in [-0.2, 0) is 49.9 Å². The number of esters is 1. The van der Waals surface area contributed by atoms with Crippen molar-refractivity contribution in [3.63, 3.8) is 0 Å². The lowest BCUT2D eigenvalue weighted by molar-refractivity contribution is -0.253. The summed E-state index contributed by atoms with van der Waals surface area (Å²) in [5, 5.41) is 12.5. The molecule has 6 rings (SSSR count). The Morgan fingerprint density at radius 1 is 0.922 bits per heavy atom. The number of rotatable bonds is 12. The number of fused-ring (bicyclic) bond motifs is 1. The van der Waals surface area contributed by atoms with Gasteiger partial charge in [-0.25, -0.2) is 0 Å². The molecular formula is C41H46N2O8. The first-order valence-corrected chi connectivity index (χ1v) is 17.3. The van der Waals surface area contributed by atoms with Gasteiger partial charge in [-0.3, -0.25) is 14.5 Å². The molecule has 0 spiro atoms. The second-order valence-electron chi connectivity index (χ2n) is 13.1. The highest BCUT2D eigenvalue weighted by Crippen LogP contribution is 2.40. The van der Waals surface area contributed by atoms with Crippen LogP contribution >= 0.6 is 0 Å². The summed E-state index contributed by atoms with van der Waals surface area (Å²) in [7, 11) is 3.33. The van der Waals surface area contributed by atoms with Crippen molar-refractivity contribution in [2.75, 3.05) is 27.3 Å². The van der Waals surface area contributed by atoms with Crippen molar-refractivity contribution >= 4 is 11.9 Å². The van der Waals surface area contributed by atoms with Crippen molar-refractivity contribution in [3.8, 4) is 22.6 Å². The lowest BCUT2D eigenvalue weighted by Gasteiger charge is -2.39. The molecule has 10 nitrogen and oxygen atoms in total. The maximum absolute atomic E-state index is 12.5. The van der Waals surface area contributed by atoms with Crippen molar-refractivity contribution in [2.45, 2.75) is 71.0 Å². The van der Waals surface area contributed by atoms with Crippen LogP contribution < -0.4 is 14.8 Å². The van der Waals surface area contributed by atoms with Crippen molar-refractivity contribution < 1.29 is 38.4 Å². The van der Waals surface area contributed by atoms with Gasteiger partial charge in [-0.15, -0.1) is 0 Å². The van der Waals surface area contributed by atoms with E-state index in [4.69, 9.17) is 23.7 Å². The number of methoxy groups -OCH3 is 2. The minimum Gasteiger partial charge on any atom is -0.493 e. The van der Waals surface area contributed by atoms with Gasteiger partial charge in [-0.1, -0.05) is 72.8 Å². The van der Waals surface area contributed by atoms with Gasteiger partial charge < -0.3 is 34.1 Å². The maximum atomic E-state index is 12.5. The van der Waals surface area contributed by atoms with Crippen molar-refractivity contribution in [1.82, 2.24) is 10.2 Å². The van der Waals surface area contributed by atoms with Gasteiger partial charge in [0.1, 0.15) is 0 Å². The zero-order valence-electron chi connectivity index (χ0n) is 29.6. The Kier molecular flexibility index (Phi) is 11.7. The van der Waals surface area contributed by atoms with E-state index in [0.29, 0.717) is 6.42 Å². The Bertz CT molecular complexity index is 1810. The van der Waals surface area contributed by atoms with E-state index < -0.39 is 18.4 Å². The van der Waals surface area contributed by atoms with E-state index in [-0.39, 0.29) is 31.3 Å². The van der Waals surface area contributed by atoms with Gasteiger partial charge in [0.25, 0.3) is 5.91 Å². The third kappa shape index (κ3) is 8.77. The maximum Gasteiger partial charge on any atom is 0.303 e. The molecular weight excluding hydrogens is 648 g/mol. The van der Waals surface area contributed by atoms with E-state index in [0.717, 1.165) is 70.9 Å². The van der Waals surface area contributed by atoms with Crippen LogP contribution in [0, 0.1) is 0 Å². The fourth-order valence-corrected chi connectivity index (χ4v) is 6.82. The van der Waals surface area contributed by atoms with Crippen LogP contribution in [0.1, 0.15) is 66.0 Å². The van der Waals surface area contributed by atoms with Crippen molar-refractivity contribution in [3.05, 3.63) is 118 Å². The largest absolute Gasteiger partial charge is 0.493 e. The highest BCUT2D eigenvalue weighted by atomic mass is 16.7. The average molecular weight is 695 g/mol. The van der Waals surface area contributed by atoms with Crippen LogP contribution in [0.2, 0.25) is 0 Å². The third-order valence-electron chi connectivity index (χ3n) is 9.55. The molecule has 4 atom stereocenters. The number of hydrogen-bond acceptors (Lipinski definition) is 9. The molecule has 1 saturated heterocycles. The Balaban J connectivity index is 1.19. The Morgan fingerprint density at radius 2 is 1.61 bits per heavy atom. The topological polar surface area (TPSA) is 116 Å². The van der Waals surface area contributed by atoms with E-state index in [1.807, 2.05) is 72.8 Å². The minimum atomic E-state index is -0.872. The number of hydrogen-bond donors (Lipinski definition) is 2. The molecule has 2 heterocycles. The average Bonchev–Trinajstić information content (AvgIpc) is 3.16. The molecule has 1 fully saturated rings. The van der Waals surface area contributed by atoms with Gasteiger partial charge in [-0.2, -0.15) is 0 Å². The van der Waals surface area contributed by atoms with Crippen LogP contribution in [-0.4, -0.2) is 61.4 Å². The third-order valence-corrected chi connectivity index (χ3v) is 9.55. The summed E-state index contributed by atoms with van der Waals surface area (Å²) in [6.07, 6.45) is -0.140. The van der Waals surface area contributed by atoms with Gasteiger partial charge in [-0.05, 0) is 64.4 Å². The number of nitrogens with one attached hydrogen (secondary N) is 1. The summed E-state index contributed by atoms with van der Waals surface area (Å²) in [6.45, 7) is 5.54. The lowest BCUT2D eigenvalue weighted by Crippen LogP contribution is -2.41. The Labute approximate surface area is 299 Å². The summed E-state index contributed by atoms with van der Waals surface area (Å²) in [5.41, 5.74) is 8.21. The molecule has 2 N–H and O–H groups in total. The molecule has 4 aromatic rings. The van der Waals surface area contributed by atoms with Crippen LogP contribution in [0.15, 0.2) is 84.9 Å². The quantitative estimate of drug-likeness (QED) is 0.172. The lowest BCUT2D eigenvalue weighted by atomic mass is 9.96. The summed E-state index contributed by atoms with van der Waals surface area (Å²) in [4.78, 5) is 26.2. The fourth-order valence-electron chi connectivity index (χ4n) is 6.82. The summed E-state index contributed by atoms with van der Waals surface area (Å²) < 4.78 is 29.5. The molecule has 4 unspecified atom stereocenters. The zero-order chi connectivity index (χ0) is 35.9. The first kappa shape index (κ1) is 36.1. The predicted octanol–water partition coefficient (Wildman–Crippen LogP) is 6.03. The second-order valence-corrected chi connectivity index (χ2v) is 13.1. The molecule has 268 valence electrons. The summed E-state index contributed by atoms with van der Waals surface area (Å²) >= 11 is 0. The van der Waals surface area contributed by atoms with E-state index in [1.54, 1.807) is 21.1 Å². The molecule has 0 bridgehead atoms. The van der Waals surface area contributed by atoms with Crippen LogP contribution in [0.3, 0.4) is 0 Å². The van der Waals surface area contributed by atoms with Crippen LogP contribution in [0.5, 0.6) is 11.5 Å². The van der Waals surface area contributed by atoms with Gasteiger partial charge in [0.15, 0.2) is 23.9 Å². The van der Waals surface area contributed by atoms with Crippen LogP contribution in [0.4, 0.5) is 0 Å². The van der Waals surface area contributed by atoms with Gasteiger partial charge in [0, 0.05) is 45.1 Å². The molecule has 0 radical (unpaired) electrons. The predicted molar refractivity (Wildman–Crippen MR) is 192 cm³/mol. The first-order chi connectivity index (χ1) is 24.7. The summed E-state index contributed by atoms with van der Waals surface area (Å²) in [6, 6.07) is 28.1. The number of carbonyl (C=O) groups is 2. The van der Waals surface area contributed by atoms with E-state index in [9.17, 15) is 14.7 Å². The fraction of sp³-hybridized carbons (Fsp3) is 0.366. The van der Waals surface area contributed by atoms with Crippen LogP contribution in [0.25, 0.3) is 11.1 Å². The number of ether oxygens (including phenoxy) is 5. The molecule has 0 aliphatic carbocycles. The smallest absolute Gasteiger partial charge is 0.303 e. The van der Waals surface area contributed by atoms with Gasteiger partial charge in [0.05, 0.1) is 33.0 Å². The molecule has 4 aromatic carbocycles. The normalized spacial score (nSPS) is 19.4. The molecule has 10 heteroatoms. The monoisotopic (exact) mass is 694 g/mol. The highest BCUT2D eigenvalue weighted by Gasteiger charge is 2.34. The first-order valence-electron chi connectivity index (χ1n) is 17.3. The number of aliphatic hydroxyl groups is 1. The van der Waals surface area contributed by atoms with E-state index in [1.165, 1.54) is 18.1 Å². The molecule has 2 aliphatic heterocycles. The number of carbonyl (C=O) groups excluding carboxylic acids is 2. The number of nitrogens with zero attached hydrogens (tertiary/aromatic N) is 1. The number of benzene rings is 4. The van der Waals surface area contributed by atoms with E-state index >= 15 is 0 Å². The molecule has 0 saturated carbocycles. The highest BCUT2D eigenvalue weighted by molar-refractivity contribution is 5.83. The molecule has 0 aromatic heterocycles. The van der Waals surface area contributed by atoms with E-state index in [2.05, 4.69) is 22.3 Å². The minimum absolute atomic E-state index is 0.0114. The molecule has 51 heavy (non-hydrogen) atoms. The molecule has 1 amide bonds. The standard InChI is InChI=1S/C41H46N2O8/c1-26(49-27(2)45)40(46)42-22-33-7-5-6-8-36(33)29-13-15-31(16-14-29)41-50-35(21-37(51-41)30-11-9-28(25-44)10-12-30)24-43-18-17-32-19-38(47-3)39(48-4)20-34(32)23-43/h5-16,19-20,26,35,37,41,44H,17-18,21-25H2,1-4H3,(H,42,46). The summed E-state index contributed by atoms with van der Waals surface area (Å²) in [5.74, 6) is 0.630. The van der Waals surface area contributed by atoms with Crippen molar-refractivity contribution in [2.24, 2.45) is 0 Å². The van der Waals surface area contributed by atoms with Gasteiger partial charge >= 0.3 is 5.97 Å². The SMILES string of the molecule is COc1cc2c(cc1OC)CN(CC1CC(c3ccc(CO)cc3)OC(c3ccc(-c4ccccc4CNC(=O)C(C)OC(C)=O)cc3)O1)CC2. The Hall–Kier alpha value is -4.74. The number of aliphatic hydroxyl groups excluding tert-OH is 1. The molecule has 2 aliphatic rings. The second kappa shape index (κ2) is 16.5. The number of amides is 1. The van der Waals surface area contributed by atoms with Gasteiger partial charge in [0.2, 0.25) is 0 Å². The van der Waals surface area contributed by atoms with Crippen molar-refractivity contribution in [1.29, 1.82) is 0 Å².